The number of anilines is 1. The number of carbonyl (C=O) groups is 2. The van der Waals surface area contributed by atoms with Crippen molar-refractivity contribution in [1.29, 1.82) is 0 Å². The summed E-state index contributed by atoms with van der Waals surface area (Å²) in [6.45, 7) is 1.79. The predicted molar refractivity (Wildman–Crippen MR) is 85.6 cm³/mol. The Labute approximate surface area is 132 Å². The van der Waals surface area contributed by atoms with Crippen molar-refractivity contribution in [3.8, 4) is 11.5 Å². The van der Waals surface area contributed by atoms with Gasteiger partial charge < -0.3 is 20.6 Å². The van der Waals surface area contributed by atoms with Crippen molar-refractivity contribution in [3.05, 3.63) is 59.2 Å². The van der Waals surface area contributed by atoms with Crippen molar-refractivity contribution in [2.75, 3.05) is 5.32 Å². The van der Waals surface area contributed by atoms with Crippen LogP contribution in [0, 0.1) is 6.92 Å². The van der Waals surface area contributed by atoms with E-state index in [1.807, 2.05) is 0 Å². The second-order valence-electron chi connectivity index (χ2n) is 4.92. The summed E-state index contributed by atoms with van der Waals surface area (Å²) in [6.07, 6.45) is 2.64. The highest BCUT2D eigenvalue weighted by Crippen LogP contribution is 2.25. The first-order valence-electron chi connectivity index (χ1n) is 6.72. The zero-order valence-electron chi connectivity index (χ0n) is 12.3. The van der Waals surface area contributed by atoms with Crippen LogP contribution in [0.5, 0.6) is 11.5 Å². The molecule has 0 heterocycles. The molecule has 0 fully saturated rings. The van der Waals surface area contributed by atoms with Crippen LogP contribution in [0.2, 0.25) is 0 Å². The number of carboxylic acid groups (broad SMARTS) is 1. The number of carboxylic acids is 1. The van der Waals surface area contributed by atoms with Crippen molar-refractivity contribution in [2.24, 2.45) is 0 Å². The normalized spacial score (nSPS) is 10.7. The molecule has 0 aromatic heterocycles. The minimum Gasteiger partial charge on any atom is -0.504 e. The third-order valence-corrected chi connectivity index (χ3v) is 3.09. The molecule has 0 saturated heterocycles. The van der Waals surface area contributed by atoms with E-state index in [-0.39, 0.29) is 22.7 Å². The fourth-order valence-corrected chi connectivity index (χ4v) is 1.94. The van der Waals surface area contributed by atoms with Gasteiger partial charge in [0.1, 0.15) is 0 Å². The first kappa shape index (κ1) is 16.1. The van der Waals surface area contributed by atoms with Crippen LogP contribution in [0.25, 0.3) is 6.08 Å². The number of phenols is 2. The predicted octanol–water partition coefficient (Wildman–Crippen LogP) is 2.76. The molecule has 6 nitrogen and oxygen atoms in total. The Morgan fingerprint density at radius 1 is 1.04 bits per heavy atom. The van der Waals surface area contributed by atoms with Gasteiger partial charge in [0.25, 0.3) is 0 Å². The Balaban J connectivity index is 2.16. The van der Waals surface area contributed by atoms with Crippen LogP contribution in [0.3, 0.4) is 0 Å². The van der Waals surface area contributed by atoms with Gasteiger partial charge >= 0.3 is 5.97 Å². The van der Waals surface area contributed by atoms with Gasteiger partial charge in [0.15, 0.2) is 11.5 Å². The first-order chi connectivity index (χ1) is 10.9. The van der Waals surface area contributed by atoms with Crippen LogP contribution in [0.15, 0.2) is 42.5 Å². The summed E-state index contributed by atoms with van der Waals surface area (Å²) in [5.41, 5.74) is 1.54. The zero-order chi connectivity index (χ0) is 17.0. The lowest BCUT2D eigenvalue weighted by atomic mass is 10.1. The summed E-state index contributed by atoms with van der Waals surface area (Å²) in [6, 6.07) is 8.77. The molecule has 118 valence electrons. The Morgan fingerprint density at radius 2 is 1.78 bits per heavy atom. The molecule has 0 atom stereocenters. The molecule has 0 aliphatic rings. The van der Waals surface area contributed by atoms with E-state index in [0.29, 0.717) is 5.56 Å². The maximum absolute atomic E-state index is 11.9. The maximum Gasteiger partial charge on any atom is 0.337 e. The zero-order valence-corrected chi connectivity index (χ0v) is 12.3. The van der Waals surface area contributed by atoms with Crippen LogP contribution in [0.4, 0.5) is 5.69 Å². The van der Waals surface area contributed by atoms with E-state index in [0.717, 1.165) is 5.56 Å². The van der Waals surface area contributed by atoms with Crippen molar-refractivity contribution in [3.63, 3.8) is 0 Å². The number of phenolic OH excluding ortho intramolecular Hbond substituents is 2. The van der Waals surface area contributed by atoms with Gasteiger partial charge in [-0.15, -0.1) is 0 Å². The fraction of sp³-hybridized carbons (Fsp3) is 0.0588. The molecule has 0 spiro atoms. The molecule has 2 rings (SSSR count). The number of aryl methyl sites for hydroxylation is 1. The summed E-state index contributed by atoms with van der Waals surface area (Å²) in [4.78, 5) is 23.1. The summed E-state index contributed by atoms with van der Waals surface area (Å²) in [5, 5.41) is 30.2. The van der Waals surface area contributed by atoms with Gasteiger partial charge in [0.05, 0.1) is 11.3 Å². The van der Waals surface area contributed by atoms with Crippen LogP contribution >= 0.6 is 0 Å². The molecular formula is C17H15NO5. The van der Waals surface area contributed by atoms with E-state index in [1.165, 1.54) is 36.4 Å². The van der Waals surface area contributed by atoms with Gasteiger partial charge in [0.2, 0.25) is 5.91 Å². The molecule has 0 saturated carbocycles. The van der Waals surface area contributed by atoms with Gasteiger partial charge in [-0.3, -0.25) is 4.79 Å². The fourth-order valence-electron chi connectivity index (χ4n) is 1.94. The molecule has 0 aliphatic carbocycles. The highest BCUT2D eigenvalue weighted by atomic mass is 16.4. The highest BCUT2D eigenvalue weighted by Gasteiger charge is 2.11. The van der Waals surface area contributed by atoms with E-state index in [2.05, 4.69) is 5.32 Å². The van der Waals surface area contributed by atoms with E-state index < -0.39 is 11.9 Å². The van der Waals surface area contributed by atoms with Crippen molar-refractivity contribution < 1.29 is 24.9 Å². The Bertz CT molecular complexity index is 796. The van der Waals surface area contributed by atoms with Crippen LogP contribution < -0.4 is 5.32 Å². The molecule has 2 aromatic carbocycles. The molecule has 0 radical (unpaired) electrons. The second-order valence-corrected chi connectivity index (χ2v) is 4.92. The monoisotopic (exact) mass is 313 g/mol. The molecule has 23 heavy (non-hydrogen) atoms. The molecule has 0 bridgehead atoms. The van der Waals surface area contributed by atoms with Crippen molar-refractivity contribution in [2.45, 2.75) is 6.92 Å². The van der Waals surface area contributed by atoms with Gasteiger partial charge in [-0.05, 0) is 48.4 Å². The molecule has 4 N–H and O–H groups in total. The van der Waals surface area contributed by atoms with E-state index in [1.54, 1.807) is 19.1 Å². The molecule has 0 unspecified atom stereocenters. The number of aromatic hydroxyl groups is 2. The average Bonchev–Trinajstić information content (AvgIpc) is 2.48. The SMILES string of the molecule is Cc1ccc(C(=O)O)c(NC(=O)/C=C/c2ccc(O)c(O)c2)c1. The minimum absolute atomic E-state index is 0.000345. The number of rotatable bonds is 4. The topological polar surface area (TPSA) is 107 Å². The maximum atomic E-state index is 11.9. The Kier molecular flexibility index (Phi) is 4.66. The van der Waals surface area contributed by atoms with Gasteiger partial charge in [-0.1, -0.05) is 12.1 Å². The van der Waals surface area contributed by atoms with E-state index >= 15 is 0 Å². The summed E-state index contributed by atoms with van der Waals surface area (Å²) < 4.78 is 0. The molecule has 1 amide bonds. The number of nitrogens with one attached hydrogen (secondary N) is 1. The van der Waals surface area contributed by atoms with Crippen LogP contribution in [0.1, 0.15) is 21.5 Å². The molecule has 2 aromatic rings. The summed E-state index contributed by atoms with van der Waals surface area (Å²) in [5.74, 6) is -2.18. The number of amides is 1. The highest BCUT2D eigenvalue weighted by molar-refractivity contribution is 6.06. The lowest BCUT2D eigenvalue weighted by molar-refractivity contribution is -0.111. The summed E-state index contributed by atoms with van der Waals surface area (Å²) >= 11 is 0. The number of benzene rings is 2. The summed E-state index contributed by atoms with van der Waals surface area (Å²) in [7, 11) is 0. The standard InChI is InChI=1S/C17H15NO5/c1-10-2-5-12(17(22)23)13(8-10)18-16(21)7-4-11-3-6-14(19)15(20)9-11/h2-9,19-20H,1H3,(H,18,21)(H,22,23)/b7-4+. The number of aromatic carboxylic acids is 1. The number of hydrogen-bond acceptors (Lipinski definition) is 4. The van der Waals surface area contributed by atoms with E-state index in [9.17, 15) is 19.8 Å². The lowest BCUT2D eigenvalue weighted by Gasteiger charge is -2.07. The van der Waals surface area contributed by atoms with Crippen LogP contribution in [-0.4, -0.2) is 27.2 Å². The molecule has 0 aliphatic heterocycles. The second kappa shape index (κ2) is 6.65. The third kappa shape index (κ3) is 4.10. The largest absolute Gasteiger partial charge is 0.504 e. The quantitative estimate of drug-likeness (QED) is 0.513. The van der Waals surface area contributed by atoms with Gasteiger partial charge in [0, 0.05) is 6.08 Å². The first-order valence-corrected chi connectivity index (χ1v) is 6.72. The van der Waals surface area contributed by atoms with E-state index in [4.69, 9.17) is 5.11 Å². The number of carbonyl (C=O) groups excluding carboxylic acids is 1. The Hall–Kier alpha value is -3.28. The molecular weight excluding hydrogens is 298 g/mol. The van der Waals surface area contributed by atoms with Crippen LogP contribution in [-0.2, 0) is 4.79 Å². The van der Waals surface area contributed by atoms with Gasteiger partial charge in [-0.25, -0.2) is 4.79 Å². The van der Waals surface area contributed by atoms with Crippen molar-refractivity contribution >= 4 is 23.6 Å². The van der Waals surface area contributed by atoms with Gasteiger partial charge in [-0.2, -0.15) is 0 Å². The lowest BCUT2D eigenvalue weighted by Crippen LogP contribution is -2.12. The van der Waals surface area contributed by atoms with Crippen molar-refractivity contribution in [1.82, 2.24) is 0 Å². The molecule has 6 heteroatoms. The number of hydrogen-bond donors (Lipinski definition) is 4. The smallest absolute Gasteiger partial charge is 0.337 e. The average molecular weight is 313 g/mol. The third-order valence-electron chi connectivity index (χ3n) is 3.09. The Morgan fingerprint density at radius 3 is 2.43 bits per heavy atom. The minimum atomic E-state index is -1.13.